The number of aromatic nitrogens is 2. The first-order chi connectivity index (χ1) is 14.6. The van der Waals surface area contributed by atoms with E-state index in [1.807, 2.05) is 0 Å². The molecule has 3 rings (SSSR count). The van der Waals surface area contributed by atoms with E-state index in [4.69, 9.17) is 24.8 Å². The van der Waals surface area contributed by atoms with Crippen molar-refractivity contribution in [3.63, 3.8) is 0 Å². The van der Waals surface area contributed by atoms with E-state index in [9.17, 15) is 29.7 Å². The maximum Gasteiger partial charge on any atom is 0.335 e. The second-order valence-electron chi connectivity index (χ2n) is 7.18. The standard InChI is InChI=1S/C16H21N5O10/c1-5-3-21(16(28)18-13(5)25)8-2-6(19-20-17)7(30-8)4-29-15-11(24)9(22)10(23)12(31-15)14(26)27/h3,6-12,15,22-24H,2,4H2,1H3,(H,26,27)(H,18,25,28)/t6?,7-,8-,9+,10+,11-,12+,15-/m1/s1. The predicted molar refractivity (Wildman–Crippen MR) is 97.8 cm³/mol. The number of aromatic amines is 1. The maximum atomic E-state index is 12.1. The lowest BCUT2D eigenvalue weighted by Gasteiger charge is -2.38. The smallest absolute Gasteiger partial charge is 0.335 e. The molecule has 2 fully saturated rings. The molecule has 0 radical (unpaired) electrons. The van der Waals surface area contributed by atoms with Gasteiger partial charge in [-0.3, -0.25) is 14.3 Å². The van der Waals surface area contributed by atoms with Crippen LogP contribution < -0.4 is 11.2 Å². The summed E-state index contributed by atoms with van der Waals surface area (Å²) in [6.45, 7) is 1.13. The predicted octanol–water partition coefficient (Wildman–Crippen LogP) is -2.28. The molecule has 2 saturated heterocycles. The van der Waals surface area contributed by atoms with Crippen LogP contribution in [0.5, 0.6) is 0 Å². The van der Waals surface area contributed by atoms with Crippen molar-refractivity contribution in [1.82, 2.24) is 9.55 Å². The summed E-state index contributed by atoms with van der Waals surface area (Å²) in [5.74, 6) is -1.57. The Balaban J connectivity index is 1.74. The average Bonchev–Trinajstić information content (AvgIpc) is 3.11. The minimum absolute atomic E-state index is 0.0661. The van der Waals surface area contributed by atoms with Crippen LogP contribution in [0.3, 0.4) is 0 Å². The van der Waals surface area contributed by atoms with Crippen LogP contribution in [-0.4, -0.2) is 85.4 Å². The first kappa shape index (κ1) is 22.9. The fourth-order valence-electron chi connectivity index (χ4n) is 3.40. The molecule has 2 aliphatic heterocycles. The molecule has 1 unspecified atom stereocenters. The van der Waals surface area contributed by atoms with Gasteiger partial charge in [-0.15, -0.1) is 0 Å². The SMILES string of the molecule is Cc1cn([C@H]2CC(N=[N+]=[N-])[C@@H](CO[C@@H]3O[C@H](C(=O)O)[C@@H](O)[C@H](O)[C@H]3O)O2)c(=O)[nH]c1=O. The molecular weight excluding hydrogens is 422 g/mol. The Morgan fingerprint density at radius 1 is 1.32 bits per heavy atom. The number of H-pyrrole nitrogens is 1. The first-order valence-electron chi connectivity index (χ1n) is 9.19. The van der Waals surface area contributed by atoms with Crippen molar-refractivity contribution in [2.45, 2.75) is 62.4 Å². The van der Waals surface area contributed by atoms with Gasteiger partial charge in [0.15, 0.2) is 12.4 Å². The molecule has 0 bridgehead atoms. The van der Waals surface area contributed by atoms with Crippen LogP contribution in [0.1, 0.15) is 18.2 Å². The Bertz CT molecular complexity index is 988. The van der Waals surface area contributed by atoms with Gasteiger partial charge >= 0.3 is 11.7 Å². The Hall–Kier alpha value is -2.78. The van der Waals surface area contributed by atoms with Gasteiger partial charge < -0.3 is 34.6 Å². The highest BCUT2D eigenvalue weighted by atomic mass is 16.7. The molecular formula is C16H21N5O10. The number of nitrogens with one attached hydrogen (secondary N) is 1. The molecule has 3 heterocycles. The number of carboxylic acids is 1. The Labute approximate surface area is 173 Å². The normalized spacial score (nSPS) is 35.5. The van der Waals surface area contributed by atoms with Crippen LogP contribution in [0, 0.1) is 6.92 Å². The number of hydrogen-bond donors (Lipinski definition) is 5. The molecule has 1 aromatic rings. The Morgan fingerprint density at radius 3 is 2.68 bits per heavy atom. The summed E-state index contributed by atoms with van der Waals surface area (Å²) in [5, 5.41) is 42.3. The summed E-state index contributed by atoms with van der Waals surface area (Å²) in [4.78, 5) is 39.7. The molecule has 15 nitrogen and oxygen atoms in total. The maximum absolute atomic E-state index is 12.1. The van der Waals surface area contributed by atoms with Crippen molar-refractivity contribution in [3.05, 3.63) is 43.0 Å². The molecule has 31 heavy (non-hydrogen) atoms. The Morgan fingerprint density at radius 2 is 2.03 bits per heavy atom. The van der Waals surface area contributed by atoms with E-state index in [0.717, 1.165) is 4.57 Å². The minimum atomic E-state index is -1.87. The van der Waals surface area contributed by atoms with Crippen molar-refractivity contribution in [3.8, 4) is 0 Å². The summed E-state index contributed by atoms with van der Waals surface area (Å²) in [7, 11) is 0. The monoisotopic (exact) mass is 443 g/mol. The topological polar surface area (TPSA) is 229 Å². The highest BCUT2D eigenvalue weighted by molar-refractivity contribution is 5.73. The lowest BCUT2D eigenvalue weighted by molar-refractivity contribution is -0.298. The number of aliphatic hydroxyl groups is 3. The van der Waals surface area contributed by atoms with Gasteiger partial charge in [-0.25, -0.2) is 9.59 Å². The van der Waals surface area contributed by atoms with E-state index >= 15 is 0 Å². The fourth-order valence-corrected chi connectivity index (χ4v) is 3.40. The number of ether oxygens (including phenoxy) is 3. The molecule has 0 aliphatic carbocycles. The molecule has 2 aliphatic rings. The van der Waals surface area contributed by atoms with Crippen LogP contribution >= 0.6 is 0 Å². The average molecular weight is 443 g/mol. The van der Waals surface area contributed by atoms with Crippen molar-refractivity contribution in [2.24, 2.45) is 5.11 Å². The number of azide groups is 1. The van der Waals surface area contributed by atoms with Gasteiger partial charge in [-0.2, -0.15) is 0 Å². The summed E-state index contributed by atoms with van der Waals surface area (Å²) in [6, 6.07) is -0.805. The van der Waals surface area contributed by atoms with Crippen LogP contribution in [0.2, 0.25) is 0 Å². The van der Waals surface area contributed by atoms with E-state index in [1.165, 1.54) is 13.1 Å². The van der Waals surface area contributed by atoms with Gasteiger partial charge in [0, 0.05) is 23.1 Å². The molecule has 0 amide bonds. The fraction of sp³-hybridized carbons (Fsp3) is 0.688. The quantitative estimate of drug-likeness (QED) is 0.180. The number of nitrogens with zero attached hydrogens (tertiary/aromatic N) is 4. The van der Waals surface area contributed by atoms with Crippen molar-refractivity contribution in [1.29, 1.82) is 0 Å². The van der Waals surface area contributed by atoms with Crippen LogP contribution in [0.15, 0.2) is 20.9 Å². The molecule has 8 atom stereocenters. The third-order valence-electron chi connectivity index (χ3n) is 5.10. The van der Waals surface area contributed by atoms with Gasteiger partial charge in [0.2, 0.25) is 0 Å². The third-order valence-corrected chi connectivity index (χ3v) is 5.10. The van der Waals surface area contributed by atoms with Gasteiger partial charge in [-0.05, 0) is 12.5 Å². The number of aliphatic hydroxyl groups excluding tert-OH is 3. The van der Waals surface area contributed by atoms with E-state index < -0.39 is 66.3 Å². The third kappa shape index (κ3) is 4.62. The Kier molecular flexibility index (Phi) is 6.76. The van der Waals surface area contributed by atoms with Crippen LogP contribution in [0.4, 0.5) is 0 Å². The molecule has 170 valence electrons. The van der Waals surface area contributed by atoms with E-state index in [2.05, 4.69) is 15.0 Å². The molecule has 0 saturated carbocycles. The summed E-state index contributed by atoms with van der Waals surface area (Å²) in [6.07, 6.45) is -9.39. The lowest BCUT2D eigenvalue weighted by atomic mass is 9.99. The van der Waals surface area contributed by atoms with Crippen molar-refractivity contribution in [2.75, 3.05) is 6.61 Å². The zero-order valence-electron chi connectivity index (χ0n) is 16.1. The summed E-state index contributed by atoms with van der Waals surface area (Å²) in [5.41, 5.74) is 7.79. The molecule has 1 aromatic heterocycles. The van der Waals surface area contributed by atoms with Crippen LogP contribution in [0.25, 0.3) is 10.4 Å². The van der Waals surface area contributed by atoms with Crippen molar-refractivity contribution < 1.29 is 39.4 Å². The van der Waals surface area contributed by atoms with Gasteiger partial charge in [-0.1, -0.05) is 5.11 Å². The zero-order chi connectivity index (χ0) is 22.9. The summed E-state index contributed by atoms with van der Waals surface area (Å²) < 4.78 is 17.2. The van der Waals surface area contributed by atoms with E-state index in [1.54, 1.807) is 0 Å². The van der Waals surface area contributed by atoms with Gasteiger partial charge in [0.1, 0.15) is 24.5 Å². The largest absolute Gasteiger partial charge is 0.479 e. The van der Waals surface area contributed by atoms with Crippen molar-refractivity contribution >= 4 is 5.97 Å². The lowest BCUT2D eigenvalue weighted by Crippen LogP contribution is -2.60. The van der Waals surface area contributed by atoms with Gasteiger partial charge in [0.05, 0.1) is 18.8 Å². The highest BCUT2D eigenvalue weighted by Crippen LogP contribution is 2.31. The van der Waals surface area contributed by atoms with Crippen LogP contribution in [-0.2, 0) is 19.0 Å². The second kappa shape index (κ2) is 9.15. The molecule has 0 aromatic carbocycles. The number of hydrogen-bond acceptors (Lipinski definition) is 10. The second-order valence-corrected chi connectivity index (χ2v) is 7.18. The van der Waals surface area contributed by atoms with Gasteiger partial charge in [0.25, 0.3) is 5.56 Å². The highest BCUT2D eigenvalue weighted by Gasteiger charge is 2.48. The number of aryl methyl sites for hydroxylation is 1. The number of carbonyl (C=O) groups is 1. The number of carboxylic acid groups (broad SMARTS) is 1. The molecule has 15 heteroatoms. The molecule has 0 spiro atoms. The zero-order valence-corrected chi connectivity index (χ0v) is 16.1. The number of rotatable bonds is 6. The first-order valence-corrected chi connectivity index (χ1v) is 9.19. The minimum Gasteiger partial charge on any atom is -0.479 e. The summed E-state index contributed by atoms with van der Waals surface area (Å²) >= 11 is 0. The van der Waals surface area contributed by atoms with E-state index in [0.29, 0.717) is 0 Å². The number of aliphatic carboxylic acids is 1. The molecule has 5 N–H and O–H groups in total. The van der Waals surface area contributed by atoms with E-state index in [-0.39, 0.29) is 18.6 Å².